The van der Waals surface area contributed by atoms with E-state index in [9.17, 15) is 9.59 Å². The maximum absolute atomic E-state index is 12.5. The highest BCUT2D eigenvalue weighted by molar-refractivity contribution is 6.03. The third-order valence-corrected chi connectivity index (χ3v) is 4.30. The number of ether oxygens (including phenoxy) is 1. The van der Waals surface area contributed by atoms with Gasteiger partial charge in [0.2, 0.25) is 11.9 Å². The maximum Gasteiger partial charge on any atom is 0.258 e. The van der Waals surface area contributed by atoms with Gasteiger partial charge in [-0.15, -0.1) is 5.10 Å². The lowest BCUT2D eigenvalue weighted by Crippen LogP contribution is -2.29. The summed E-state index contributed by atoms with van der Waals surface area (Å²) in [5.74, 6) is 0.506. The van der Waals surface area contributed by atoms with Crippen LogP contribution in [-0.4, -0.2) is 33.7 Å². The minimum atomic E-state index is -0.362. The third kappa shape index (κ3) is 3.37. The van der Waals surface area contributed by atoms with Crippen molar-refractivity contribution in [1.82, 2.24) is 14.8 Å². The van der Waals surface area contributed by atoms with Crippen molar-refractivity contribution in [2.45, 2.75) is 12.5 Å². The molecule has 2 aromatic carbocycles. The Hall–Kier alpha value is -3.68. The van der Waals surface area contributed by atoms with Gasteiger partial charge in [-0.25, -0.2) is 4.68 Å². The number of anilines is 2. The van der Waals surface area contributed by atoms with Crippen LogP contribution in [0.3, 0.4) is 0 Å². The van der Waals surface area contributed by atoms with Gasteiger partial charge in [0.15, 0.2) is 0 Å². The van der Waals surface area contributed by atoms with E-state index in [0.717, 1.165) is 5.56 Å². The summed E-state index contributed by atoms with van der Waals surface area (Å²) in [6.07, 6.45) is 0.254. The van der Waals surface area contributed by atoms with Gasteiger partial charge in [0.05, 0.1) is 19.6 Å². The number of nitrogens with zero attached hydrogens (tertiary/aromatic N) is 3. The van der Waals surface area contributed by atoms with Crippen LogP contribution in [-0.2, 0) is 4.79 Å². The van der Waals surface area contributed by atoms with Crippen molar-refractivity contribution in [2.75, 3.05) is 17.7 Å². The summed E-state index contributed by atoms with van der Waals surface area (Å²) in [5, 5.41) is 9.73. The molecule has 0 saturated heterocycles. The first-order chi connectivity index (χ1) is 13.1. The summed E-state index contributed by atoms with van der Waals surface area (Å²) in [4.78, 5) is 28.7. The van der Waals surface area contributed by atoms with Gasteiger partial charge in [-0.2, -0.15) is 4.98 Å². The fourth-order valence-corrected chi connectivity index (χ4v) is 2.99. The first kappa shape index (κ1) is 16.8. The Morgan fingerprint density at radius 1 is 1.22 bits per heavy atom. The van der Waals surface area contributed by atoms with Crippen molar-refractivity contribution in [3.63, 3.8) is 0 Å². The molecule has 136 valence electrons. The quantitative estimate of drug-likeness (QED) is 0.742. The predicted octanol–water partition coefficient (Wildman–Crippen LogP) is 2.47. The van der Waals surface area contributed by atoms with Crippen LogP contribution in [0, 0.1) is 0 Å². The molecule has 0 unspecified atom stereocenters. The lowest BCUT2D eigenvalue weighted by Gasteiger charge is -2.23. The molecule has 2 N–H and O–H groups in total. The van der Waals surface area contributed by atoms with Crippen molar-refractivity contribution in [1.29, 1.82) is 0 Å². The molecule has 0 saturated carbocycles. The Balaban J connectivity index is 1.61. The molecular formula is C19H17N5O3. The number of carbonyl (C=O) groups excluding carboxylic acids is 2. The summed E-state index contributed by atoms with van der Waals surface area (Å²) < 4.78 is 6.76. The molecule has 0 bridgehead atoms. The second kappa shape index (κ2) is 6.91. The molecule has 2 amide bonds. The monoisotopic (exact) mass is 363 g/mol. The van der Waals surface area contributed by atoms with Crippen molar-refractivity contribution >= 4 is 23.7 Å². The molecule has 3 aromatic rings. The molecular weight excluding hydrogens is 346 g/mol. The van der Waals surface area contributed by atoms with Gasteiger partial charge in [-0.3, -0.25) is 20.2 Å². The predicted molar refractivity (Wildman–Crippen MR) is 98.8 cm³/mol. The van der Waals surface area contributed by atoms with Gasteiger partial charge in [0.25, 0.3) is 11.9 Å². The molecule has 27 heavy (non-hydrogen) atoms. The number of amides is 2. The number of hydrogen-bond donors (Lipinski definition) is 2. The van der Waals surface area contributed by atoms with E-state index in [1.165, 1.54) is 7.11 Å². The number of aromatic nitrogens is 3. The van der Waals surface area contributed by atoms with Gasteiger partial charge >= 0.3 is 0 Å². The van der Waals surface area contributed by atoms with Gasteiger partial charge < -0.3 is 4.74 Å². The standard InChI is InChI=1S/C19H17N5O3/c1-27-14-9-5-8-13(10-14)17(26)21-18-22-19-20-16(25)11-15(24(19)23-18)12-6-3-2-4-7-12/h2-10,15H,11H2,1H3,(H2,20,21,22,23,25,26)/t15-/m1/s1. The average Bonchev–Trinajstić information content (AvgIpc) is 3.10. The molecule has 0 radical (unpaired) electrons. The lowest BCUT2D eigenvalue weighted by molar-refractivity contribution is -0.117. The normalized spacial score (nSPS) is 15.6. The van der Waals surface area contributed by atoms with Crippen LogP contribution in [0.2, 0.25) is 0 Å². The highest BCUT2D eigenvalue weighted by atomic mass is 16.5. The number of hydrogen-bond acceptors (Lipinski definition) is 5. The van der Waals surface area contributed by atoms with Gasteiger partial charge in [-0.1, -0.05) is 36.4 Å². The Bertz CT molecular complexity index is 1000. The fraction of sp³-hybridized carbons (Fsp3) is 0.158. The van der Waals surface area contributed by atoms with Crippen LogP contribution in [0.5, 0.6) is 5.75 Å². The zero-order valence-electron chi connectivity index (χ0n) is 14.5. The second-order valence-corrected chi connectivity index (χ2v) is 6.07. The molecule has 8 nitrogen and oxygen atoms in total. The van der Waals surface area contributed by atoms with E-state index in [1.54, 1.807) is 28.9 Å². The van der Waals surface area contributed by atoms with Crippen molar-refractivity contribution in [2.24, 2.45) is 0 Å². The first-order valence-electron chi connectivity index (χ1n) is 8.41. The molecule has 0 fully saturated rings. The molecule has 8 heteroatoms. The van der Waals surface area contributed by atoms with E-state index < -0.39 is 0 Å². The van der Waals surface area contributed by atoms with E-state index in [2.05, 4.69) is 20.7 Å². The van der Waals surface area contributed by atoms with Crippen LogP contribution in [0.15, 0.2) is 54.6 Å². The number of carbonyl (C=O) groups is 2. The number of methoxy groups -OCH3 is 1. The van der Waals surface area contributed by atoms with Crippen LogP contribution in [0.4, 0.5) is 11.9 Å². The van der Waals surface area contributed by atoms with Crippen molar-refractivity contribution in [3.8, 4) is 5.75 Å². The molecule has 1 aliphatic heterocycles. The SMILES string of the molecule is COc1cccc(C(=O)Nc2nc3n(n2)[C@@H](c2ccccc2)CC(=O)N3)c1. The summed E-state index contributed by atoms with van der Waals surface area (Å²) in [6.45, 7) is 0. The van der Waals surface area contributed by atoms with Gasteiger partial charge in [0, 0.05) is 5.56 Å². The maximum atomic E-state index is 12.5. The third-order valence-electron chi connectivity index (χ3n) is 4.30. The number of nitrogens with one attached hydrogen (secondary N) is 2. The second-order valence-electron chi connectivity index (χ2n) is 6.07. The van der Waals surface area contributed by atoms with Crippen LogP contribution in [0.1, 0.15) is 28.4 Å². The minimum absolute atomic E-state index is 0.126. The van der Waals surface area contributed by atoms with Gasteiger partial charge in [-0.05, 0) is 23.8 Å². The zero-order valence-corrected chi connectivity index (χ0v) is 14.5. The summed E-state index contributed by atoms with van der Waals surface area (Å²) in [6, 6.07) is 16.1. The van der Waals surface area contributed by atoms with E-state index in [1.807, 2.05) is 30.3 Å². The van der Waals surface area contributed by atoms with E-state index >= 15 is 0 Å². The number of rotatable bonds is 4. The smallest absolute Gasteiger partial charge is 0.258 e. The van der Waals surface area contributed by atoms with Crippen LogP contribution >= 0.6 is 0 Å². The molecule has 0 aliphatic carbocycles. The van der Waals surface area contributed by atoms with Crippen molar-refractivity contribution < 1.29 is 14.3 Å². The van der Waals surface area contributed by atoms with E-state index in [-0.39, 0.29) is 30.2 Å². The van der Waals surface area contributed by atoms with Crippen LogP contribution in [0.25, 0.3) is 0 Å². The Morgan fingerprint density at radius 3 is 2.81 bits per heavy atom. The topological polar surface area (TPSA) is 98.1 Å². The van der Waals surface area contributed by atoms with E-state index in [4.69, 9.17) is 4.74 Å². The minimum Gasteiger partial charge on any atom is -0.497 e. The lowest BCUT2D eigenvalue weighted by atomic mass is 10.0. The largest absolute Gasteiger partial charge is 0.497 e. The molecule has 2 heterocycles. The average molecular weight is 363 g/mol. The Labute approximate surface area is 155 Å². The van der Waals surface area contributed by atoms with Crippen molar-refractivity contribution in [3.05, 3.63) is 65.7 Å². The molecule has 1 atom stereocenters. The molecule has 0 spiro atoms. The van der Waals surface area contributed by atoms with Crippen LogP contribution < -0.4 is 15.4 Å². The van der Waals surface area contributed by atoms with Gasteiger partial charge in [0.1, 0.15) is 5.75 Å². The Morgan fingerprint density at radius 2 is 2.04 bits per heavy atom. The zero-order chi connectivity index (χ0) is 18.8. The number of fused-ring (bicyclic) bond motifs is 1. The highest BCUT2D eigenvalue weighted by Gasteiger charge is 2.29. The summed E-state index contributed by atoms with van der Waals surface area (Å²) in [5.41, 5.74) is 1.37. The summed E-state index contributed by atoms with van der Waals surface area (Å²) in [7, 11) is 1.54. The van der Waals surface area contributed by atoms with E-state index in [0.29, 0.717) is 17.3 Å². The molecule has 1 aliphatic rings. The fourth-order valence-electron chi connectivity index (χ4n) is 2.99. The highest BCUT2D eigenvalue weighted by Crippen LogP contribution is 2.29. The number of benzene rings is 2. The molecule has 1 aromatic heterocycles. The molecule has 4 rings (SSSR count). The first-order valence-corrected chi connectivity index (χ1v) is 8.41. The Kier molecular flexibility index (Phi) is 4.29. The summed E-state index contributed by atoms with van der Waals surface area (Å²) >= 11 is 0.